The van der Waals surface area contributed by atoms with Gasteiger partial charge in [-0.2, -0.15) is 0 Å². The van der Waals surface area contributed by atoms with E-state index in [1.54, 1.807) is 86.8 Å². The van der Waals surface area contributed by atoms with E-state index < -0.39 is 53.3 Å². The van der Waals surface area contributed by atoms with Gasteiger partial charge in [0.25, 0.3) is 0 Å². The van der Waals surface area contributed by atoms with Crippen LogP contribution >= 0.6 is 0 Å². The van der Waals surface area contributed by atoms with Crippen LogP contribution in [0.2, 0.25) is 0 Å². The Morgan fingerprint density at radius 3 is 1.93 bits per heavy atom. The number of oxazole rings is 2. The molecule has 0 radical (unpaired) electrons. The smallest absolute Gasteiger partial charge is 0.360 e. The lowest BCUT2D eigenvalue weighted by Crippen LogP contribution is -2.42. The van der Waals surface area contributed by atoms with Gasteiger partial charge >= 0.3 is 11.9 Å². The molecule has 2 aromatic rings. The van der Waals surface area contributed by atoms with Gasteiger partial charge in [0.1, 0.15) is 36.9 Å². The van der Waals surface area contributed by atoms with Gasteiger partial charge in [-0.15, -0.1) is 0 Å². The number of epoxide rings is 1. The summed E-state index contributed by atoms with van der Waals surface area (Å²) in [7, 11) is 0. The van der Waals surface area contributed by atoms with Crippen LogP contribution in [0.3, 0.4) is 0 Å². The summed E-state index contributed by atoms with van der Waals surface area (Å²) < 4.78 is 28.5. The zero-order valence-corrected chi connectivity index (χ0v) is 31.6. The van der Waals surface area contributed by atoms with Crippen LogP contribution in [0.25, 0.3) is 6.08 Å². The van der Waals surface area contributed by atoms with Crippen molar-refractivity contribution in [2.24, 2.45) is 10.8 Å². The third kappa shape index (κ3) is 11.8. The summed E-state index contributed by atoms with van der Waals surface area (Å²) in [5.74, 6) is -1.04. The molecule has 0 aromatic carbocycles. The molecule has 12 nitrogen and oxygen atoms in total. The van der Waals surface area contributed by atoms with Gasteiger partial charge in [-0.25, -0.2) is 19.6 Å². The Morgan fingerprint density at radius 1 is 0.722 bits per heavy atom. The number of fused-ring (bicyclic) bond motifs is 5. The molecule has 290 valence electrons. The maximum absolute atomic E-state index is 13.2. The van der Waals surface area contributed by atoms with Crippen LogP contribution in [0.5, 0.6) is 0 Å². The molecule has 0 aliphatic carbocycles. The van der Waals surface area contributed by atoms with Crippen molar-refractivity contribution in [1.82, 2.24) is 9.97 Å². The highest BCUT2D eigenvalue weighted by Crippen LogP contribution is 2.34. The predicted molar refractivity (Wildman–Crippen MR) is 203 cm³/mol. The van der Waals surface area contributed by atoms with E-state index in [1.807, 2.05) is 52.0 Å². The van der Waals surface area contributed by atoms with Crippen LogP contribution in [-0.2, 0) is 20.6 Å². The zero-order valence-electron chi connectivity index (χ0n) is 31.6. The molecule has 4 bridgehead atoms. The van der Waals surface area contributed by atoms with Gasteiger partial charge in [0.05, 0.1) is 24.7 Å². The van der Waals surface area contributed by atoms with E-state index in [4.69, 9.17) is 23.0 Å². The van der Waals surface area contributed by atoms with E-state index in [0.717, 1.165) is 0 Å². The molecule has 1 saturated heterocycles. The number of carbonyl (C=O) groups excluding carboxylic acids is 2. The van der Waals surface area contributed by atoms with Crippen molar-refractivity contribution in [3.8, 4) is 0 Å². The third-order valence-corrected chi connectivity index (χ3v) is 9.35. The van der Waals surface area contributed by atoms with E-state index in [1.165, 1.54) is 12.5 Å². The van der Waals surface area contributed by atoms with E-state index in [2.05, 4.69) is 9.97 Å². The highest BCUT2D eigenvalue weighted by molar-refractivity contribution is 5.87. The van der Waals surface area contributed by atoms with Crippen LogP contribution in [0, 0.1) is 10.8 Å². The standard InChI is InChI=1S/C42H52N2O10/c1-7-17-33(46)41(3,4)35-22-13-11-9-10-12-19-28(45)25-38-44-30(27-51-38)40(49)54-36(42(5,6)34(47)18-8-2)23-16-21-32-31(52-32)20-14-15-24-37-43-29(26-50-37)39(48)53-35/h7-21,24,26-28,31-36,45-47H,22-23,25H2,1-6H3/b10-9-,13-11-,17-7+,18-8+,19-12+,20-14+,21-16-,24-15-/t28?,31-,32+,33?,34?,35?,36?/m0/s1. The van der Waals surface area contributed by atoms with Gasteiger partial charge in [-0.05, 0) is 13.8 Å². The summed E-state index contributed by atoms with van der Waals surface area (Å²) in [5.41, 5.74) is -1.77. The second-order valence-electron chi connectivity index (χ2n) is 14.2. The molecule has 12 heteroatoms. The van der Waals surface area contributed by atoms with Crippen LogP contribution in [0.15, 0.2) is 113 Å². The largest absolute Gasteiger partial charge is 0.457 e. The highest BCUT2D eigenvalue weighted by Gasteiger charge is 2.40. The number of ether oxygens (including phenoxy) is 3. The first-order chi connectivity index (χ1) is 25.8. The molecule has 2 aliphatic rings. The minimum atomic E-state index is -0.956. The third-order valence-electron chi connectivity index (χ3n) is 9.35. The molecular formula is C42H52N2O10. The number of nitrogens with zero attached hydrogens (tertiary/aromatic N) is 2. The number of aliphatic hydroxyl groups excluding tert-OH is 3. The molecule has 3 N–H and O–H groups in total. The second kappa shape index (κ2) is 19.4. The zero-order chi connectivity index (χ0) is 39.3. The molecule has 0 saturated carbocycles. The van der Waals surface area contributed by atoms with Crippen molar-refractivity contribution in [3.05, 3.63) is 127 Å². The lowest BCUT2D eigenvalue weighted by Gasteiger charge is -2.36. The molecule has 4 rings (SSSR count). The van der Waals surface area contributed by atoms with E-state index in [-0.39, 0.29) is 41.8 Å². The van der Waals surface area contributed by atoms with Crippen LogP contribution < -0.4 is 0 Å². The van der Waals surface area contributed by atoms with Gasteiger partial charge in [-0.3, -0.25) is 0 Å². The Labute approximate surface area is 316 Å². The summed E-state index contributed by atoms with van der Waals surface area (Å²) >= 11 is 0. The molecule has 2 aromatic heterocycles. The monoisotopic (exact) mass is 744 g/mol. The Bertz CT molecular complexity index is 1790. The van der Waals surface area contributed by atoms with E-state index in [0.29, 0.717) is 12.8 Å². The van der Waals surface area contributed by atoms with Gasteiger partial charge in [0.15, 0.2) is 17.3 Å². The maximum atomic E-state index is 13.2. The first-order valence-electron chi connectivity index (χ1n) is 18.0. The maximum Gasteiger partial charge on any atom is 0.360 e. The van der Waals surface area contributed by atoms with Crippen molar-refractivity contribution in [3.63, 3.8) is 0 Å². The predicted octanol–water partition coefficient (Wildman–Crippen LogP) is 6.60. The number of hydrogen-bond donors (Lipinski definition) is 3. The fourth-order valence-electron chi connectivity index (χ4n) is 5.53. The molecular weight excluding hydrogens is 692 g/mol. The molecule has 0 spiro atoms. The molecule has 0 amide bonds. The summed E-state index contributed by atoms with van der Waals surface area (Å²) in [5, 5.41) is 32.3. The van der Waals surface area contributed by atoms with Crippen molar-refractivity contribution in [2.45, 2.75) is 104 Å². The highest BCUT2D eigenvalue weighted by atomic mass is 16.6. The van der Waals surface area contributed by atoms with Crippen LogP contribution in [0.1, 0.15) is 87.1 Å². The number of rotatable bonds is 6. The number of carbonyl (C=O) groups is 2. The fourth-order valence-corrected chi connectivity index (χ4v) is 5.53. The summed E-state index contributed by atoms with van der Waals surface area (Å²) in [6.07, 6.45) is 26.2. The summed E-state index contributed by atoms with van der Waals surface area (Å²) in [4.78, 5) is 34.9. The van der Waals surface area contributed by atoms with Crippen molar-refractivity contribution < 1.29 is 48.0 Å². The lowest BCUT2D eigenvalue weighted by molar-refractivity contribution is -0.0461. The number of allylic oxidation sites excluding steroid dienone is 8. The molecule has 2 aliphatic heterocycles. The number of esters is 2. The molecule has 54 heavy (non-hydrogen) atoms. The normalized spacial score (nSPS) is 28.6. The quantitative estimate of drug-likeness (QED) is 0.164. The van der Waals surface area contributed by atoms with E-state index >= 15 is 0 Å². The first kappa shape index (κ1) is 41.9. The number of hydrogen-bond acceptors (Lipinski definition) is 12. The van der Waals surface area contributed by atoms with Crippen molar-refractivity contribution >= 4 is 18.0 Å². The molecule has 5 unspecified atom stereocenters. The molecule has 4 heterocycles. The van der Waals surface area contributed by atoms with Gasteiger partial charge < -0.3 is 38.4 Å². The van der Waals surface area contributed by atoms with Crippen LogP contribution in [-0.4, -0.2) is 80.0 Å². The van der Waals surface area contributed by atoms with Gasteiger partial charge in [0.2, 0.25) is 5.89 Å². The molecule has 1 fully saturated rings. The average molecular weight is 745 g/mol. The summed E-state index contributed by atoms with van der Waals surface area (Å²) in [6.45, 7) is 10.9. The Hall–Kier alpha value is -4.88. The Balaban J connectivity index is 1.56. The second-order valence-corrected chi connectivity index (χ2v) is 14.2. The topological polar surface area (TPSA) is 178 Å². The van der Waals surface area contributed by atoms with Crippen molar-refractivity contribution in [2.75, 3.05) is 0 Å². The minimum Gasteiger partial charge on any atom is -0.457 e. The fraction of sp³-hybridized carbons (Fsp3) is 0.429. The van der Waals surface area contributed by atoms with Crippen molar-refractivity contribution in [1.29, 1.82) is 0 Å². The minimum absolute atomic E-state index is 0.00530. The number of aromatic nitrogens is 2. The number of aliphatic hydroxyl groups is 3. The summed E-state index contributed by atoms with van der Waals surface area (Å²) in [6, 6.07) is 0. The van der Waals surface area contributed by atoms with E-state index in [9.17, 15) is 24.9 Å². The Morgan fingerprint density at radius 2 is 1.28 bits per heavy atom. The Kier molecular flexibility index (Phi) is 15.1. The first-order valence-corrected chi connectivity index (χ1v) is 18.0. The van der Waals surface area contributed by atoms with Gasteiger partial charge in [-0.1, -0.05) is 119 Å². The number of cyclic esters (lactones) is 2. The van der Waals surface area contributed by atoms with Gasteiger partial charge in [0, 0.05) is 29.7 Å². The molecule has 7 atom stereocenters. The lowest BCUT2D eigenvalue weighted by atomic mass is 9.79. The van der Waals surface area contributed by atoms with Crippen LogP contribution in [0.4, 0.5) is 0 Å². The average Bonchev–Trinajstić information content (AvgIpc) is 3.45. The SMILES string of the molecule is C/C=C/C(O)C(C)(C)C1C\C=C/C=C\C=C\C(O)Cc2nc(co2)C(=O)OC(C(C)(C)C(O)/C=C/C)C/C=C\[C@H]2O[C@H]2/C=C/C=C\c2nc(co2)C(=O)O1.